The molecule has 0 saturated heterocycles. The second kappa shape index (κ2) is 5.64. The highest BCUT2D eigenvalue weighted by Crippen LogP contribution is 2.38. The molecule has 0 fully saturated rings. The SMILES string of the molecule is CN1CCc2nc(NC(=O)c3ccc4c(c3)C(C)(C)C(=O)N4)sc2C1. The number of nitrogens with zero attached hydrogens (tertiary/aromatic N) is 2. The Morgan fingerprint density at radius 1 is 1.40 bits per heavy atom. The first-order chi connectivity index (χ1) is 11.8. The highest BCUT2D eigenvalue weighted by atomic mass is 32.1. The number of likely N-dealkylation sites (N-methyl/N-ethyl adjacent to an activating group) is 1. The van der Waals surface area contributed by atoms with Gasteiger partial charge in [0, 0.05) is 35.6 Å². The molecular weight excluding hydrogens is 336 g/mol. The molecule has 2 aliphatic heterocycles. The van der Waals surface area contributed by atoms with Crippen LogP contribution in [-0.2, 0) is 23.2 Å². The van der Waals surface area contributed by atoms with Gasteiger partial charge in [0.1, 0.15) is 0 Å². The minimum absolute atomic E-state index is 0.0447. The van der Waals surface area contributed by atoms with E-state index < -0.39 is 5.41 Å². The molecule has 0 saturated carbocycles. The molecule has 4 rings (SSSR count). The van der Waals surface area contributed by atoms with Crippen molar-refractivity contribution >= 4 is 34.0 Å². The van der Waals surface area contributed by atoms with Crippen LogP contribution in [0.2, 0.25) is 0 Å². The lowest BCUT2D eigenvalue weighted by Gasteiger charge is -2.20. The molecule has 2 N–H and O–H groups in total. The number of carbonyl (C=O) groups is 2. The number of amides is 2. The van der Waals surface area contributed by atoms with Crippen molar-refractivity contribution < 1.29 is 9.59 Å². The Hall–Kier alpha value is -2.25. The fourth-order valence-electron chi connectivity index (χ4n) is 3.26. The van der Waals surface area contributed by atoms with Gasteiger partial charge in [-0.1, -0.05) is 0 Å². The molecule has 6 nitrogen and oxygen atoms in total. The van der Waals surface area contributed by atoms with Gasteiger partial charge in [-0.25, -0.2) is 4.98 Å². The van der Waals surface area contributed by atoms with Crippen LogP contribution >= 0.6 is 11.3 Å². The second-order valence-electron chi connectivity index (χ2n) is 7.17. The summed E-state index contributed by atoms with van der Waals surface area (Å²) in [5.41, 5.74) is 2.62. The van der Waals surface area contributed by atoms with Crippen LogP contribution in [0.15, 0.2) is 18.2 Å². The number of nitrogens with one attached hydrogen (secondary N) is 2. The summed E-state index contributed by atoms with van der Waals surface area (Å²) in [5.74, 6) is -0.242. The molecule has 3 heterocycles. The lowest BCUT2D eigenvalue weighted by Crippen LogP contribution is -2.27. The fraction of sp³-hybridized carbons (Fsp3) is 0.389. The summed E-state index contributed by atoms with van der Waals surface area (Å²) in [5, 5.41) is 6.40. The summed E-state index contributed by atoms with van der Waals surface area (Å²) in [6.45, 7) is 5.59. The maximum Gasteiger partial charge on any atom is 0.257 e. The Morgan fingerprint density at radius 3 is 3.00 bits per heavy atom. The minimum atomic E-state index is -0.628. The van der Waals surface area contributed by atoms with E-state index in [0.29, 0.717) is 10.7 Å². The Labute approximate surface area is 150 Å². The zero-order chi connectivity index (χ0) is 17.8. The average Bonchev–Trinajstić information content (AvgIpc) is 3.05. The zero-order valence-electron chi connectivity index (χ0n) is 14.5. The summed E-state index contributed by atoms with van der Waals surface area (Å²) in [4.78, 5) is 32.7. The molecular formula is C18H20N4O2S. The van der Waals surface area contributed by atoms with Gasteiger partial charge in [-0.15, -0.1) is 11.3 Å². The van der Waals surface area contributed by atoms with Gasteiger partial charge in [-0.3, -0.25) is 14.9 Å². The van der Waals surface area contributed by atoms with E-state index >= 15 is 0 Å². The summed E-state index contributed by atoms with van der Waals surface area (Å²) in [6, 6.07) is 5.32. The van der Waals surface area contributed by atoms with Crippen LogP contribution in [0.1, 0.15) is 40.3 Å². The number of rotatable bonds is 2. The van der Waals surface area contributed by atoms with E-state index in [9.17, 15) is 9.59 Å². The second-order valence-corrected chi connectivity index (χ2v) is 8.25. The molecule has 1 aromatic carbocycles. The smallest absolute Gasteiger partial charge is 0.257 e. The zero-order valence-corrected chi connectivity index (χ0v) is 15.3. The molecule has 2 aliphatic rings. The van der Waals surface area contributed by atoms with E-state index in [1.165, 1.54) is 16.2 Å². The van der Waals surface area contributed by atoms with Gasteiger partial charge in [0.05, 0.1) is 11.1 Å². The number of anilines is 2. The van der Waals surface area contributed by atoms with Crippen molar-refractivity contribution in [2.24, 2.45) is 0 Å². The number of aromatic nitrogens is 1. The van der Waals surface area contributed by atoms with Crippen molar-refractivity contribution in [3.63, 3.8) is 0 Å². The van der Waals surface area contributed by atoms with Crippen molar-refractivity contribution in [3.05, 3.63) is 39.9 Å². The lowest BCUT2D eigenvalue weighted by atomic mass is 9.85. The van der Waals surface area contributed by atoms with Gasteiger partial charge in [0.15, 0.2) is 5.13 Å². The van der Waals surface area contributed by atoms with Crippen molar-refractivity contribution in [3.8, 4) is 0 Å². The molecule has 0 radical (unpaired) electrons. The predicted molar refractivity (Wildman–Crippen MR) is 98.2 cm³/mol. The summed E-state index contributed by atoms with van der Waals surface area (Å²) >= 11 is 1.54. The number of hydrogen-bond acceptors (Lipinski definition) is 5. The number of benzene rings is 1. The fourth-order valence-corrected chi connectivity index (χ4v) is 4.34. The maximum atomic E-state index is 12.6. The molecule has 0 aliphatic carbocycles. The van der Waals surface area contributed by atoms with Crippen LogP contribution in [-0.4, -0.2) is 35.3 Å². The highest BCUT2D eigenvalue weighted by molar-refractivity contribution is 7.15. The van der Waals surface area contributed by atoms with Gasteiger partial charge in [-0.05, 0) is 44.7 Å². The van der Waals surface area contributed by atoms with Crippen LogP contribution in [0.5, 0.6) is 0 Å². The minimum Gasteiger partial charge on any atom is -0.325 e. The highest BCUT2D eigenvalue weighted by Gasteiger charge is 2.38. The van der Waals surface area contributed by atoms with E-state index in [1.807, 2.05) is 13.8 Å². The van der Waals surface area contributed by atoms with Crippen molar-refractivity contribution in [1.82, 2.24) is 9.88 Å². The van der Waals surface area contributed by atoms with Gasteiger partial charge in [0.2, 0.25) is 5.91 Å². The number of fused-ring (bicyclic) bond motifs is 2. The molecule has 2 aromatic rings. The molecule has 130 valence electrons. The van der Waals surface area contributed by atoms with E-state index in [0.717, 1.165) is 36.5 Å². The van der Waals surface area contributed by atoms with E-state index in [1.54, 1.807) is 18.2 Å². The average molecular weight is 356 g/mol. The van der Waals surface area contributed by atoms with Crippen molar-refractivity contribution in [1.29, 1.82) is 0 Å². The summed E-state index contributed by atoms with van der Waals surface area (Å²) < 4.78 is 0. The topological polar surface area (TPSA) is 74.3 Å². The molecule has 25 heavy (non-hydrogen) atoms. The Kier molecular flexibility index (Phi) is 3.66. The number of thiazole rings is 1. The van der Waals surface area contributed by atoms with E-state index in [2.05, 4.69) is 27.6 Å². The summed E-state index contributed by atoms with van der Waals surface area (Å²) in [7, 11) is 2.09. The van der Waals surface area contributed by atoms with Crippen molar-refractivity contribution in [2.45, 2.75) is 32.2 Å². The van der Waals surface area contributed by atoms with Crippen LogP contribution in [0.4, 0.5) is 10.8 Å². The maximum absolute atomic E-state index is 12.6. The third kappa shape index (κ3) is 2.73. The Bertz CT molecular complexity index is 887. The molecule has 2 amide bonds. The first kappa shape index (κ1) is 16.2. The van der Waals surface area contributed by atoms with Gasteiger partial charge in [-0.2, -0.15) is 0 Å². The summed E-state index contributed by atoms with van der Waals surface area (Å²) in [6.07, 6.45) is 0.916. The van der Waals surface area contributed by atoms with E-state index in [4.69, 9.17) is 0 Å². The first-order valence-corrected chi connectivity index (χ1v) is 9.11. The quantitative estimate of drug-likeness (QED) is 0.867. The molecule has 0 unspecified atom stereocenters. The largest absolute Gasteiger partial charge is 0.325 e. The van der Waals surface area contributed by atoms with Crippen molar-refractivity contribution in [2.75, 3.05) is 24.2 Å². The van der Waals surface area contributed by atoms with Crippen LogP contribution in [0, 0.1) is 0 Å². The number of carbonyl (C=O) groups excluding carboxylic acids is 2. The molecule has 0 spiro atoms. The third-order valence-corrected chi connectivity index (χ3v) is 5.91. The molecule has 7 heteroatoms. The first-order valence-electron chi connectivity index (χ1n) is 8.29. The molecule has 1 aromatic heterocycles. The van der Waals surface area contributed by atoms with E-state index in [-0.39, 0.29) is 11.8 Å². The lowest BCUT2D eigenvalue weighted by molar-refractivity contribution is -0.119. The standard InChI is InChI=1S/C18H20N4O2S/c1-18(2)11-8-10(4-5-12(11)19-16(18)24)15(23)21-17-20-13-6-7-22(3)9-14(13)25-17/h4-5,8H,6-7,9H2,1-3H3,(H,19,24)(H,20,21,23). The van der Waals surface area contributed by atoms with Gasteiger partial charge < -0.3 is 10.2 Å². The van der Waals surface area contributed by atoms with Gasteiger partial charge in [0.25, 0.3) is 5.91 Å². The third-order valence-electron chi connectivity index (χ3n) is 4.91. The predicted octanol–water partition coefficient (Wildman–Crippen LogP) is 2.61. The van der Waals surface area contributed by atoms with Crippen LogP contribution < -0.4 is 10.6 Å². The Morgan fingerprint density at radius 2 is 2.20 bits per heavy atom. The molecule has 0 bridgehead atoms. The Balaban J connectivity index is 1.57. The number of hydrogen-bond donors (Lipinski definition) is 2. The van der Waals surface area contributed by atoms with Gasteiger partial charge >= 0.3 is 0 Å². The molecule has 0 atom stereocenters. The van der Waals surface area contributed by atoms with Crippen LogP contribution in [0.3, 0.4) is 0 Å². The normalized spacial score (nSPS) is 18.4. The van der Waals surface area contributed by atoms with Crippen LogP contribution in [0.25, 0.3) is 0 Å². The monoisotopic (exact) mass is 356 g/mol.